The molecule has 0 radical (unpaired) electrons. The molecule has 0 aliphatic rings. The summed E-state index contributed by atoms with van der Waals surface area (Å²) >= 11 is 1.63. The molecule has 0 saturated heterocycles. The van der Waals surface area contributed by atoms with Gasteiger partial charge in [-0.15, -0.1) is 11.3 Å². The molecule has 0 amide bonds. The number of nitrogens with one attached hydrogen (secondary N) is 1. The molecule has 19 heavy (non-hydrogen) atoms. The van der Waals surface area contributed by atoms with Crippen LogP contribution in [0.2, 0.25) is 0 Å². The molecule has 1 heterocycles. The van der Waals surface area contributed by atoms with Crippen LogP contribution in [0.4, 0.5) is 0 Å². The maximum absolute atomic E-state index is 11.4. The Morgan fingerprint density at radius 3 is 2.58 bits per heavy atom. The quantitative estimate of drug-likeness (QED) is 0.851. The highest BCUT2D eigenvalue weighted by Gasteiger charge is 2.25. The van der Waals surface area contributed by atoms with Crippen molar-refractivity contribution in [1.82, 2.24) is 5.32 Å². The van der Waals surface area contributed by atoms with Crippen LogP contribution >= 0.6 is 11.3 Å². The van der Waals surface area contributed by atoms with E-state index >= 15 is 0 Å². The summed E-state index contributed by atoms with van der Waals surface area (Å²) in [4.78, 5) is 12.6. The highest BCUT2D eigenvalue weighted by atomic mass is 32.1. The monoisotopic (exact) mass is 275 g/mol. The first-order chi connectivity index (χ1) is 9.18. The van der Waals surface area contributed by atoms with Gasteiger partial charge in [-0.1, -0.05) is 43.3 Å². The van der Waals surface area contributed by atoms with Crippen molar-refractivity contribution in [2.45, 2.75) is 25.4 Å². The Morgan fingerprint density at radius 1 is 1.26 bits per heavy atom. The minimum atomic E-state index is -0.812. The molecule has 2 unspecified atom stereocenters. The van der Waals surface area contributed by atoms with Crippen molar-refractivity contribution in [3.05, 3.63) is 58.3 Å². The highest BCUT2D eigenvalue weighted by Crippen LogP contribution is 2.20. The molecule has 1 aromatic carbocycles. The van der Waals surface area contributed by atoms with Crippen molar-refractivity contribution in [2.24, 2.45) is 0 Å². The van der Waals surface area contributed by atoms with Gasteiger partial charge in [-0.3, -0.25) is 10.1 Å². The third kappa shape index (κ3) is 3.66. The predicted molar refractivity (Wildman–Crippen MR) is 77.4 cm³/mol. The number of carboxylic acids is 1. The van der Waals surface area contributed by atoms with Crippen molar-refractivity contribution in [3.63, 3.8) is 0 Å². The topological polar surface area (TPSA) is 49.3 Å². The van der Waals surface area contributed by atoms with Gasteiger partial charge in [0.2, 0.25) is 0 Å². The van der Waals surface area contributed by atoms with E-state index in [0.717, 1.165) is 10.4 Å². The lowest BCUT2D eigenvalue weighted by Gasteiger charge is -2.21. The van der Waals surface area contributed by atoms with E-state index in [0.29, 0.717) is 6.54 Å². The maximum atomic E-state index is 11.4. The normalized spacial score (nSPS) is 13.9. The molecule has 0 fully saturated rings. The summed E-state index contributed by atoms with van der Waals surface area (Å²) in [6.07, 6.45) is 0. The number of carbonyl (C=O) groups is 1. The van der Waals surface area contributed by atoms with Crippen molar-refractivity contribution >= 4 is 17.3 Å². The van der Waals surface area contributed by atoms with E-state index in [-0.39, 0.29) is 5.92 Å². The third-order valence-electron chi connectivity index (χ3n) is 3.17. The maximum Gasteiger partial charge on any atom is 0.321 e. The Balaban J connectivity index is 2.05. The second kappa shape index (κ2) is 6.50. The molecule has 4 heteroatoms. The Kier molecular flexibility index (Phi) is 4.71. The SMILES string of the molecule is CC(c1ccccc1)C(NCc1cccs1)C(=O)O. The van der Waals surface area contributed by atoms with Gasteiger partial charge in [0.15, 0.2) is 0 Å². The zero-order valence-corrected chi connectivity index (χ0v) is 11.6. The van der Waals surface area contributed by atoms with E-state index < -0.39 is 12.0 Å². The van der Waals surface area contributed by atoms with Crippen LogP contribution in [0.15, 0.2) is 47.8 Å². The molecule has 0 bridgehead atoms. The fourth-order valence-corrected chi connectivity index (χ4v) is 2.71. The minimum Gasteiger partial charge on any atom is -0.480 e. The van der Waals surface area contributed by atoms with Gasteiger partial charge in [-0.05, 0) is 17.0 Å². The van der Waals surface area contributed by atoms with Crippen LogP contribution < -0.4 is 5.32 Å². The minimum absolute atomic E-state index is 0.0707. The van der Waals surface area contributed by atoms with Gasteiger partial charge in [0.1, 0.15) is 6.04 Å². The van der Waals surface area contributed by atoms with Gasteiger partial charge in [-0.2, -0.15) is 0 Å². The molecule has 0 aliphatic carbocycles. The molecule has 0 spiro atoms. The van der Waals surface area contributed by atoms with E-state index in [2.05, 4.69) is 5.32 Å². The van der Waals surface area contributed by atoms with Crippen LogP contribution in [0, 0.1) is 0 Å². The number of thiophene rings is 1. The van der Waals surface area contributed by atoms with E-state index in [1.165, 1.54) is 0 Å². The van der Waals surface area contributed by atoms with Crippen LogP contribution in [0.1, 0.15) is 23.3 Å². The summed E-state index contributed by atoms with van der Waals surface area (Å²) in [6, 6.07) is 13.1. The molecule has 100 valence electrons. The number of carboxylic acid groups (broad SMARTS) is 1. The van der Waals surface area contributed by atoms with Crippen molar-refractivity contribution < 1.29 is 9.90 Å². The van der Waals surface area contributed by atoms with E-state index in [1.54, 1.807) is 11.3 Å². The van der Waals surface area contributed by atoms with Crippen LogP contribution in [-0.2, 0) is 11.3 Å². The summed E-state index contributed by atoms with van der Waals surface area (Å²) in [5, 5.41) is 14.5. The Labute approximate surface area is 116 Å². The predicted octanol–water partition coefficient (Wildman–Crippen LogP) is 3.09. The third-order valence-corrected chi connectivity index (χ3v) is 4.04. The van der Waals surface area contributed by atoms with Crippen LogP contribution in [0.3, 0.4) is 0 Å². The molecule has 0 aliphatic heterocycles. The fraction of sp³-hybridized carbons (Fsp3) is 0.267. The molecule has 3 nitrogen and oxygen atoms in total. The lowest BCUT2D eigenvalue weighted by molar-refractivity contribution is -0.140. The molecule has 2 rings (SSSR count). The summed E-state index contributed by atoms with van der Waals surface area (Å²) in [5.41, 5.74) is 1.04. The summed E-state index contributed by atoms with van der Waals surface area (Å²) < 4.78 is 0. The van der Waals surface area contributed by atoms with Crippen molar-refractivity contribution in [3.8, 4) is 0 Å². The lowest BCUT2D eigenvalue weighted by Crippen LogP contribution is -2.40. The molecular formula is C15H17NO2S. The van der Waals surface area contributed by atoms with Crippen molar-refractivity contribution in [1.29, 1.82) is 0 Å². The summed E-state index contributed by atoms with van der Waals surface area (Å²) in [6.45, 7) is 2.53. The zero-order chi connectivity index (χ0) is 13.7. The van der Waals surface area contributed by atoms with Crippen LogP contribution in [0.25, 0.3) is 0 Å². The number of rotatable bonds is 6. The van der Waals surface area contributed by atoms with Gasteiger partial charge in [0, 0.05) is 17.3 Å². The molecule has 0 saturated carbocycles. The average Bonchev–Trinajstić information content (AvgIpc) is 2.92. The highest BCUT2D eigenvalue weighted by molar-refractivity contribution is 7.09. The number of aliphatic carboxylic acids is 1. The number of benzene rings is 1. The van der Waals surface area contributed by atoms with E-state index in [9.17, 15) is 9.90 Å². The van der Waals surface area contributed by atoms with E-state index in [1.807, 2.05) is 54.8 Å². The number of hydrogen-bond acceptors (Lipinski definition) is 3. The van der Waals surface area contributed by atoms with Gasteiger partial charge >= 0.3 is 5.97 Å². The lowest BCUT2D eigenvalue weighted by atomic mass is 9.93. The second-order valence-corrected chi connectivity index (χ2v) is 5.51. The number of hydrogen-bond donors (Lipinski definition) is 2. The summed E-state index contributed by atoms with van der Waals surface area (Å²) in [5.74, 6) is -0.883. The van der Waals surface area contributed by atoms with Gasteiger partial charge in [-0.25, -0.2) is 0 Å². The largest absolute Gasteiger partial charge is 0.480 e. The first kappa shape index (κ1) is 13.8. The van der Waals surface area contributed by atoms with Crippen molar-refractivity contribution in [2.75, 3.05) is 0 Å². The average molecular weight is 275 g/mol. The molecular weight excluding hydrogens is 258 g/mol. The van der Waals surface area contributed by atoms with Gasteiger partial charge in [0.25, 0.3) is 0 Å². The summed E-state index contributed by atoms with van der Waals surface area (Å²) in [7, 11) is 0. The Morgan fingerprint density at radius 2 is 2.00 bits per heavy atom. The van der Waals surface area contributed by atoms with Crippen LogP contribution in [0.5, 0.6) is 0 Å². The molecule has 2 aromatic rings. The smallest absolute Gasteiger partial charge is 0.321 e. The standard InChI is InChI=1S/C15H17NO2S/c1-11(12-6-3-2-4-7-12)14(15(17)18)16-10-13-8-5-9-19-13/h2-9,11,14,16H,10H2,1H3,(H,17,18). The first-order valence-corrected chi connectivity index (χ1v) is 7.10. The Bertz CT molecular complexity index is 510. The zero-order valence-electron chi connectivity index (χ0n) is 10.7. The first-order valence-electron chi connectivity index (χ1n) is 6.22. The van der Waals surface area contributed by atoms with Gasteiger partial charge in [0.05, 0.1) is 0 Å². The Hall–Kier alpha value is -1.65. The van der Waals surface area contributed by atoms with Crippen LogP contribution in [-0.4, -0.2) is 17.1 Å². The molecule has 1 aromatic heterocycles. The second-order valence-electron chi connectivity index (χ2n) is 4.48. The van der Waals surface area contributed by atoms with Gasteiger partial charge < -0.3 is 5.11 Å². The molecule has 2 N–H and O–H groups in total. The van der Waals surface area contributed by atoms with E-state index in [4.69, 9.17) is 0 Å². The fourth-order valence-electron chi connectivity index (χ4n) is 2.05. The molecule has 2 atom stereocenters.